The van der Waals surface area contributed by atoms with Crippen molar-refractivity contribution in [3.05, 3.63) is 18.1 Å². The van der Waals surface area contributed by atoms with Crippen LogP contribution in [0.15, 0.2) is 12.4 Å². The maximum Gasteiger partial charge on any atom is 0.271 e. The van der Waals surface area contributed by atoms with E-state index >= 15 is 0 Å². The summed E-state index contributed by atoms with van der Waals surface area (Å²) in [5.74, 6) is 5.45. The van der Waals surface area contributed by atoms with E-state index in [1.807, 2.05) is 0 Å². The number of aromatic nitrogens is 2. The number of carbonyl (C=O) groups excluding carboxylic acids is 1. The van der Waals surface area contributed by atoms with Crippen LogP contribution in [0.5, 0.6) is 0 Å². The molecule has 1 aromatic heterocycles. The molecule has 98 valence electrons. The van der Waals surface area contributed by atoms with Gasteiger partial charge in [-0.2, -0.15) is 0 Å². The molecule has 1 heterocycles. The summed E-state index contributed by atoms with van der Waals surface area (Å²) in [6.45, 7) is 4.45. The lowest BCUT2D eigenvalue weighted by atomic mass is 9.92. The van der Waals surface area contributed by atoms with Crippen LogP contribution in [0, 0.1) is 5.41 Å². The molecular weight excluding hydrogens is 230 g/mol. The molecule has 1 fully saturated rings. The number of anilines is 1. The molecule has 1 aliphatic rings. The van der Waals surface area contributed by atoms with Crippen molar-refractivity contribution in [2.45, 2.75) is 39.2 Å². The first-order valence-corrected chi connectivity index (χ1v) is 6.10. The molecule has 0 aromatic carbocycles. The van der Waals surface area contributed by atoms with Gasteiger partial charge < -0.3 is 10.7 Å². The van der Waals surface area contributed by atoms with E-state index in [0.29, 0.717) is 16.9 Å². The van der Waals surface area contributed by atoms with Crippen LogP contribution in [0.25, 0.3) is 0 Å². The Kier molecular flexibility index (Phi) is 3.47. The first-order chi connectivity index (χ1) is 8.50. The molecule has 0 aliphatic heterocycles. The highest BCUT2D eigenvalue weighted by molar-refractivity contribution is 5.92. The van der Waals surface area contributed by atoms with E-state index in [9.17, 15) is 4.79 Å². The fraction of sp³-hybridized carbons (Fsp3) is 0.583. The Labute approximate surface area is 106 Å². The number of hydrogen-bond acceptors (Lipinski definition) is 5. The standard InChI is InChI=1S/C12H19N5O/c1-12(2)4-3-8(5-12)16-11(18)9-6-15-10(17-13)7-14-9/h6-8H,3-5,13H2,1-2H3,(H,15,17)(H,16,18). The first-order valence-electron chi connectivity index (χ1n) is 6.10. The van der Waals surface area contributed by atoms with Crippen molar-refractivity contribution in [3.8, 4) is 0 Å². The van der Waals surface area contributed by atoms with Crippen molar-refractivity contribution in [1.29, 1.82) is 0 Å². The second-order valence-corrected chi connectivity index (χ2v) is 5.51. The zero-order valence-corrected chi connectivity index (χ0v) is 10.7. The third-order valence-corrected chi connectivity index (χ3v) is 3.34. The Morgan fingerprint density at radius 3 is 2.72 bits per heavy atom. The second kappa shape index (κ2) is 4.89. The Morgan fingerprint density at radius 2 is 2.22 bits per heavy atom. The van der Waals surface area contributed by atoms with Gasteiger partial charge in [-0.15, -0.1) is 0 Å². The van der Waals surface area contributed by atoms with Crippen LogP contribution in [0.1, 0.15) is 43.6 Å². The molecule has 1 unspecified atom stereocenters. The van der Waals surface area contributed by atoms with Gasteiger partial charge in [0.1, 0.15) is 5.69 Å². The summed E-state index contributed by atoms with van der Waals surface area (Å²) in [6, 6.07) is 0.238. The number of nitrogens with zero attached hydrogens (tertiary/aromatic N) is 2. The number of amides is 1. The second-order valence-electron chi connectivity index (χ2n) is 5.51. The molecule has 6 nitrogen and oxygen atoms in total. The molecular formula is C12H19N5O. The van der Waals surface area contributed by atoms with Crippen LogP contribution < -0.4 is 16.6 Å². The predicted molar refractivity (Wildman–Crippen MR) is 68.7 cm³/mol. The maximum absolute atomic E-state index is 11.9. The van der Waals surface area contributed by atoms with Crippen molar-refractivity contribution in [2.24, 2.45) is 11.3 Å². The van der Waals surface area contributed by atoms with Gasteiger partial charge in [-0.3, -0.25) is 4.79 Å². The van der Waals surface area contributed by atoms with Gasteiger partial charge in [-0.1, -0.05) is 13.8 Å². The van der Waals surface area contributed by atoms with Gasteiger partial charge in [0, 0.05) is 6.04 Å². The smallest absolute Gasteiger partial charge is 0.271 e. The monoisotopic (exact) mass is 249 g/mol. The predicted octanol–water partition coefficient (Wildman–Crippen LogP) is 1.07. The highest BCUT2D eigenvalue weighted by Gasteiger charge is 2.31. The van der Waals surface area contributed by atoms with Crippen LogP contribution in [-0.4, -0.2) is 21.9 Å². The molecule has 0 radical (unpaired) electrons. The van der Waals surface area contributed by atoms with Crippen LogP contribution in [-0.2, 0) is 0 Å². The lowest BCUT2D eigenvalue weighted by molar-refractivity contribution is 0.0930. The molecule has 1 aromatic rings. The molecule has 4 N–H and O–H groups in total. The van der Waals surface area contributed by atoms with Crippen molar-refractivity contribution >= 4 is 11.7 Å². The highest BCUT2D eigenvalue weighted by Crippen LogP contribution is 2.36. The molecule has 18 heavy (non-hydrogen) atoms. The number of hydrogen-bond donors (Lipinski definition) is 3. The van der Waals surface area contributed by atoms with Gasteiger partial charge in [0.05, 0.1) is 12.4 Å². The van der Waals surface area contributed by atoms with Gasteiger partial charge >= 0.3 is 0 Å². The quantitative estimate of drug-likeness (QED) is 0.550. The minimum absolute atomic E-state index is 0.172. The van der Waals surface area contributed by atoms with E-state index < -0.39 is 0 Å². The molecule has 1 aliphatic carbocycles. The normalized spacial score (nSPS) is 21.6. The third kappa shape index (κ3) is 2.95. The summed E-state index contributed by atoms with van der Waals surface area (Å²) < 4.78 is 0. The molecule has 1 saturated carbocycles. The number of rotatable bonds is 3. The van der Waals surface area contributed by atoms with Crippen molar-refractivity contribution in [2.75, 3.05) is 5.43 Å². The van der Waals surface area contributed by atoms with E-state index in [1.165, 1.54) is 12.4 Å². The van der Waals surface area contributed by atoms with E-state index in [4.69, 9.17) is 5.84 Å². The van der Waals surface area contributed by atoms with E-state index in [1.54, 1.807) is 0 Å². The topological polar surface area (TPSA) is 92.9 Å². The van der Waals surface area contributed by atoms with Crippen LogP contribution in [0.2, 0.25) is 0 Å². The Bertz CT molecular complexity index is 429. The summed E-state index contributed by atoms with van der Waals surface area (Å²) in [6.07, 6.45) is 6.03. The Hall–Kier alpha value is -1.69. The number of carbonyl (C=O) groups is 1. The summed E-state index contributed by atoms with van der Waals surface area (Å²) in [7, 11) is 0. The molecule has 6 heteroatoms. The lowest BCUT2D eigenvalue weighted by Gasteiger charge is -2.17. The average Bonchev–Trinajstić information content (AvgIpc) is 2.68. The number of nitrogens with one attached hydrogen (secondary N) is 2. The zero-order valence-electron chi connectivity index (χ0n) is 10.7. The zero-order chi connectivity index (χ0) is 13.2. The molecule has 1 atom stereocenters. The fourth-order valence-electron chi connectivity index (χ4n) is 2.34. The van der Waals surface area contributed by atoms with Gasteiger partial charge in [0.15, 0.2) is 5.82 Å². The minimum atomic E-state index is -0.172. The number of nitrogens with two attached hydrogens (primary N) is 1. The van der Waals surface area contributed by atoms with Gasteiger partial charge in [-0.05, 0) is 24.7 Å². The first kappa shape index (κ1) is 12.8. The molecule has 2 rings (SSSR count). The van der Waals surface area contributed by atoms with E-state index in [-0.39, 0.29) is 11.9 Å². The largest absolute Gasteiger partial charge is 0.348 e. The van der Waals surface area contributed by atoms with Crippen LogP contribution in [0.3, 0.4) is 0 Å². The molecule has 0 saturated heterocycles. The average molecular weight is 249 g/mol. The minimum Gasteiger partial charge on any atom is -0.348 e. The third-order valence-electron chi connectivity index (χ3n) is 3.34. The summed E-state index contributed by atoms with van der Waals surface area (Å²) in [5.41, 5.74) is 3.01. The maximum atomic E-state index is 11.9. The van der Waals surface area contributed by atoms with Crippen LogP contribution >= 0.6 is 0 Å². The van der Waals surface area contributed by atoms with E-state index in [2.05, 4.69) is 34.6 Å². The molecule has 1 amide bonds. The SMILES string of the molecule is CC1(C)CCC(NC(=O)c2cnc(NN)cn2)C1. The summed E-state index contributed by atoms with van der Waals surface area (Å²) >= 11 is 0. The fourth-order valence-corrected chi connectivity index (χ4v) is 2.34. The Balaban J connectivity index is 1.95. The van der Waals surface area contributed by atoms with Crippen molar-refractivity contribution in [1.82, 2.24) is 15.3 Å². The van der Waals surface area contributed by atoms with Gasteiger partial charge in [-0.25, -0.2) is 15.8 Å². The summed E-state index contributed by atoms with van der Waals surface area (Å²) in [5, 5.41) is 3.00. The van der Waals surface area contributed by atoms with Gasteiger partial charge in [0.2, 0.25) is 0 Å². The number of nitrogen functional groups attached to an aromatic ring is 1. The van der Waals surface area contributed by atoms with Gasteiger partial charge in [0.25, 0.3) is 5.91 Å². The summed E-state index contributed by atoms with van der Waals surface area (Å²) in [4.78, 5) is 19.9. The van der Waals surface area contributed by atoms with Crippen LogP contribution in [0.4, 0.5) is 5.82 Å². The highest BCUT2D eigenvalue weighted by atomic mass is 16.1. The number of hydrazine groups is 1. The Morgan fingerprint density at radius 1 is 1.44 bits per heavy atom. The lowest BCUT2D eigenvalue weighted by Crippen LogP contribution is -2.34. The van der Waals surface area contributed by atoms with Crippen molar-refractivity contribution < 1.29 is 4.79 Å². The van der Waals surface area contributed by atoms with Crippen molar-refractivity contribution in [3.63, 3.8) is 0 Å². The molecule has 0 bridgehead atoms. The molecule has 0 spiro atoms. The van der Waals surface area contributed by atoms with E-state index in [0.717, 1.165) is 19.3 Å².